The minimum atomic E-state index is -1.08. The van der Waals surface area contributed by atoms with Gasteiger partial charge in [-0.15, -0.1) is 0 Å². The first-order valence-corrected chi connectivity index (χ1v) is 9.84. The normalized spacial score (nSPS) is 29.8. The van der Waals surface area contributed by atoms with E-state index in [1.54, 1.807) is 26.0 Å². The quantitative estimate of drug-likeness (QED) is 0.372. The third-order valence-corrected chi connectivity index (χ3v) is 5.16. The van der Waals surface area contributed by atoms with E-state index in [0.717, 1.165) is 0 Å². The highest BCUT2D eigenvalue weighted by Crippen LogP contribution is 2.30. The minimum Gasteiger partial charge on any atom is -0.507 e. The third kappa shape index (κ3) is 6.08. The second-order valence-electron chi connectivity index (χ2n) is 7.62. The standard InChI is InChI=1S/C22H29NO7/c1-12-7-8-13(2)21(28)17(24)6-4-5-15-9-16(23-11-19(26)27)10-18(25)20(15)22(29)30-14(12)3/h4-5,7-10,12-14,17,21,23-25,28H,6,11H2,1-3H3,(H,26,27)/b5-4+,8-7-/t12-,13-,14+,17+,21-/m1/s1. The van der Waals surface area contributed by atoms with Crippen molar-refractivity contribution in [3.05, 3.63) is 41.5 Å². The van der Waals surface area contributed by atoms with Crippen molar-refractivity contribution >= 4 is 23.7 Å². The lowest BCUT2D eigenvalue weighted by molar-refractivity contribution is -0.134. The van der Waals surface area contributed by atoms with E-state index in [-0.39, 0.29) is 36.1 Å². The zero-order valence-electron chi connectivity index (χ0n) is 17.3. The summed E-state index contributed by atoms with van der Waals surface area (Å²) in [5, 5.41) is 42.5. The fourth-order valence-corrected chi connectivity index (χ4v) is 3.06. The fourth-order valence-electron chi connectivity index (χ4n) is 3.06. The molecule has 0 aromatic heterocycles. The lowest BCUT2D eigenvalue weighted by atomic mass is 9.94. The number of carbonyl (C=O) groups excluding carboxylic acids is 1. The van der Waals surface area contributed by atoms with Gasteiger partial charge in [0, 0.05) is 23.6 Å². The van der Waals surface area contributed by atoms with Crippen molar-refractivity contribution < 1.29 is 34.8 Å². The van der Waals surface area contributed by atoms with Gasteiger partial charge < -0.3 is 30.5 Å². The van der Waals surface area contributed by atoms with Crippen molar-refractivity contribution in [1.82, 2.24) is 0 Å². The number of carboxylic acid groups (broad SMARTS) is 1. The number of hydrogen-bond donors (Lipinski definition) is 5. The molecule has 0 aliphatic carbocycles. The number of rotatable bonds is 3. The number of cyclic esters (lactones) is 1. The van der Waals surface area contributed by atoms with E-state index in [1.807, 2.05) is 13.0 Å². The molecule has 1 aliphatic heterocycles. The number of phenols is 1. The zero-order valence-corrected chi connectivity index (χ0v) is 17.3. The van der Waals surface area contributed by atoms with Crippen LogP contribution in [0.3, 0.4) is 0 Å². The Morgan fingerprint density at radius 1 is 1.17 bits per heavy atom. The Bertz CT molecular complexity index is 833. The van der Waals surface area contributed by atoms with E-state index < -0.39 is 30.3 Å². The highest BCUT2D eigenvalue weighted by atomic mass is 16.5. The Kier molecular flexibility index (Phi) is 8.02. The van der Waals surface area contributed by atoms with Crippen LogP contribution in [0.15, 0.2) is 30.4 Å². The summed E-state index contributed by atoms with van der Waals surface area (Å²) in [6.45, 7) is 5.01. The van der Waals surface area contributed by atoms with Gasteiger partial charge in [-0.3, -0.25) is 4.79 Å². The molecule has 1 aromatic carbocycles. The summed E-state index contributed by atoms with van der Waals surface area (Å²) in [7, 11) is 0. The van der Waals surface area contributed by atoms with Crippen LogP contribution in [0.2, 0.25) is 0 Å². The van der Waals surface area contributed by atoms with Crippen LogP contribution in [-0.4, -0.2) is 57.2 Å². The summed E-state index contributed by atoms with van der Waals surface area (Å²) >= 11 is 0. The second-order valence-corrected chi connectivity index (χ2v) is 7.62. The van der Waals surface area contributed by atoms with Gasteiger partial charge in [0.2, 0.25) is 0 Å². The molecule has 5 atom stereocenters. The minimum absolute atomic E-state index is 0.0596. The van der Waals surface area contributed by atoms with E-state index in [4.69, 9.17) is 9.84 Å². The van der Waals surface area contributed by atoms with Crippen molar-refractivity contribution in [2.24, 2.45) is 11.8 Å². The van der Waals surface area contributed by atoms with Gasteiger partial charge in [-0.2, -0.15) is 0 Å². The van der Waals surface area contributed by atoms with Crippen LogP contribution in [0.1, 0.15) is 43.1 Å². The largest absolute Gasteiger partial charge is 0.507 e. The molecule has 164 valence electrons. The van der Waals surface area contributed by atoms with E-state index in [2.05, 4.69) is 5.32 Å². The molecule has 0 spiro atoms. The average molecular weight is 419 g/mol. The first kappa shape index (κ1) is 23.4. The molecule has 8 nitrogen and oxygen atoms in total. The molecule has 0 saturated carbocycles. The van der Waals surface area contributed by atoms with Crippen LogP contribution in [0.4, 0.5) is 5.69 Å². The molecule has 1 aliphatic rings. The molecule has 0 unspecified atom stereocenters. The molecule has 0 fully saturated rings. The average Bonchev–Trinajstić information content (AvgIpc) is 2.68. The molecule has 0 bridgehead atoms. The summed E-state index contributed by atoms with van der Waals surface area (Å²) in [6.07, 6.45) is 4.32. The number of phenolic OH excluding ortho intramolecular Hbond substituents is 1. The summed E-state index contributed by atoms with van der Waals surface area (Å²) in [6, 6.07) is 2.77. The van der Waals surface area contributed by atoms with E-state index >= 15 is 0 Å². The van der Waals surface area contributed by atoms with Crippen LogP contribution in [-0.2, 0) is 9.53 Å². The number of anilines is 1. The number of carboxylic acids is 1. The first-order chi connectivity index (χ1) is 14.1. The predicted octanol–water partition coefficient (Wildman–Crippen LogP) is 2.40. The van der Waals surface area contributed by atoms with Gasteiger partial charge in [0.05, 0.1) is 12.2 Å². The molecule has 30 heavy (non-hydrogen) atoms. The number of aliphatic carboxylic acids is 1. The number of hydrogen-bond acceptors (Lipinski definition) is 7. The number of fused-ring (bicyclic) bond motifs is 1. The van der Waals surface area contributed by atoms with E-state index in [1.165, 1.54) is 18.2 Å². The molecular weight excluding hydrogens is 390 g/mol. The van der Waals surface area contributed by atoms with E-state index in [0.29, 0.717) is 11.3 Å². The topological polar surface area (TPSA) is 136 Å². The number of esters is 1. The van der Waals surface area contributed by atoms with Gasteiger partial charge in [-0.25, -0.2) is 4.79 Å². The molecule has 5 N–H and O–H groups in total. The Hall–Kier alpha value is -2.84. The lowest BCUT2D eigenvalue weighted by Crippen LogP contribution is -2.31. The lowest BCUT2D eigenvalue weighted by Gasteiger charge is -2.23. The highest BCUT2D eigenvalue weighted by molar-refractivity contribution is 5.97. The Balaban J connectivity index is 2.47. The molecule has 0 saturated heterocycles. The van der Waals surface area contributed by atoms with Gasteiger partial charge in [0.1, 0.15) is 24.0 Å². The van der Waals surface area contributed by atoms with E-state index in [9.17, 15) is 24.9 Å². The van der Waals surface area contributed by atoms with Crippen molar-refractivity contribution in [2.75, 3.05) is 11.9 Å². The van der Waals surface area contributed by atoms with Gasteiger partial charge in [0.15, 0.2) is 0 Å². The molecule has 2 rings (SSSR count). The second kappa shape index (κ2) is 10.3. The summed E-state index contributed by atoms with van der Waals surface area (Å²) in [5.41, 5.74) is 0.552. The van der Waals surface area contributed by atoms with Gasteiger partial charge in [-0.1, -0.05) is 38.2 Å². The van der Waals surface area contributed by atoms with Crippen LogP contribution in [0.5, 0.6) is 5.75 Å². The number of aliphatic hydroxyl groups is 2. The Labute approximate surface area is 175 Å². The maximum Gasteiger partial charge on any atom is 0.342 e. The number of aliphatic hydroxyl groups excluding tert-OH is 2. The fraction of sp³-hybridized carbons (Fsp3) is 0.455. The molecule has 1 aromatic rings. The predicted molar refractivity (Wildman–Crippen MR) is 112 cm³/mol. The van der Waals surface area contributed by atoms with Crippen molar-refractivity contribution in [3.8, 4) is 5.75 Å². The van der Waals surface area contributed by atoms with Gasteiger partial charge in [-0.05, 0) is 25.0 Å². The molecule has 8 heteroatoms. The van der Waals surface area contributed by atoms with Crippen molar-refractivity contribution in [2.45, 2.75) is 45.5 Å². The summed E-state index contributed by atoms with van der Waals surface area (Å²) < 4.78 is 5.53. The number of ether oxygens (including phenoxy) is 1. The number of benzene rings is 1. The maximum absolute atomic E-state index is 12.8. The molecule has 0 radical (unpaired) electrons. The Morgan fingerprint density at radius 2 is 1.83 bits per heavy atom. The smallest absolute Gasteiger partial charge is 0.342 e. The highest BCUT2D eigenvalue weighted by Gasteiger charge is 2.24. The first-order valence-electron chi connectivity index (χ1n) is 9.84. The summed E-state index contributed by atoms with van der Waals surface area (Å²) in [5.74, 6) is -2.61. The zero-order chi connectivity index (χ0) is 22.4. The summed E-state index contributed by atoms with van der Waals surface area (Å²) in [4.78, 5) is 23.6. The monoisotopic (exact) mass is 419 g/mol. The SMILES string of the molecule is C[C@@H]1/C=C\[C@@H](C)[C@H](C)OC(=O)c2c(O)cc(NCC(=O)O)cc2/C=C/C[C@H](O)[C@@H]1O. The number of nitrogens with one attached hydrogen (secondary N) is 1. The van der Waals surface area contributed by atoms with Crippen LogP contribution in [0.25, 0.3) is 6.08 Å². The Morgan fingerprint density at radius 3 is 2.50 bits per heavy atom. The molecule has 1 heterocycles. The van der Waals surface area contributed by atoms with Crippen LogP contribution in [0, 0.1) is 11.8 Å². The van der Waals surface area contributed by atoms with Gasteiger partial charge >= 0.3 is 11.9 Å². The number of carbonyl (C=O) groups is 2. The number of aromatic hydroxyl groups is 1. The van der Waals surface area contributed by atoms with Gasteiger partial charge in [0.25, 0.3) is 0 Å². The van der Waals surface area contributed by atoms with Crippen LogP contribution >= 0.6 is 0 Å². The van der Waals surface area contributed by atoms with Crippen molar-refractivity contribution in [1.29, 1.82) is 0 Å². The molecule has 0 amide bonds. The maximum atomic E-state index is 12.8. The third-order valence-electron chi connectivity index (χ3n) is 5.16. The van der Waals surface area contributed by atoms with Crippen LogP contribution < -0.4 is 5.32 Å². The molecular formula is C22H29NO7. The van der Waals surface area contributed by atoms with Crippen molar-refractivity contribution in [3.63, 3.8) is 0 Å².